The van der Waals surface area contributed by atoms with Gasteiger partial charge in [0.15, 0.2) is 0 Å². The molecule has 1 aromatic heterocycles. The minimum absolute atomic E-state index is 0.0382. The van der Waals surface area contributed by atoms with Gasteiger partial charge in [0.1, 0.15) is 17.3 Å². The number of nitrogens with zero attached hydrogens (tertiary/aromatic N) is 4. The quantitative estimate of drug-likeness (QED) is 0.215. The molecule has 42 heavy (non-hydrogen) atoms. The smallest absolute Gasteiger partial charge is 0.272 e. The van der Waals surface area contributed by atoms with Crippen LogP contribution in [0.25, 0.3) is 11.1 Å². The minimum Gasteiger partial charge on any atom is -0.494 e. The summed E-state index contributed by atoms with van der Waals surface area (Å²) in [7, 11) is 7.39. The number of nitrogens with two attached hydrogens (primary N) is 1. The van der Waals surface area contributed by atoms with E-state index >= 15 is 0 Å². The number of amides is 2. The SMILES string of the molecule is COc1c(N/C(=C/C(N)=NC(=O)C2CC2)C(C)=N)cccc1-c1ccc(C(=O)N(C)CC2NC=C(CN(C)C)S2)nc1. The Kier molecular flexibility index (Phi) is 10.0. The first-order chi connectivity index (χ1) is 20.0. The lowest BCUT2D eigenvalue weighted by Crippen LogP contribution is -2.37. The van der Waals surface area contributed by atoms with Crippen molar-refractivity contribution in [1.29, 1.82) is 5.41 Å². The van der Waals surface area contributed by atoms with Gasteiger partial charge < -0.3 is 36.3 Å². The zero-order valence-electron chi connectivity index (χ0n) is 24.6. The van der Waals surface area contributed by atoms with Crippen LogP contribution in [0.1, 0.15) is 30.3 Å². The summed E-state index contributed by atoms with van der Waals surface area (Å²) in [6.45, 7) is 3.01. The highest BCUT2D eigenvalue weighted by Gasteiger charge is 2.29. The number of pyridine rings is 1. The number of aliphatic imine (C=N–C) groups is 1. The van der Waals surface area contributed by atoms with Crippen molar-refractivity contribution in [3.05, 3.63) is 65.1 Å². The van der Waals surface area contributed by atoms with E-state index in [2.05, 4.69) is 25.5 Å². The van der Waals surface area contributed by atoms with Crippen LogP contribution in [0.3, 0.4) is 0 Å². The van der Waals surface area contributed by atoms with E-state index in [1.54, 1.807) is 50.0 Å². The zero-order chi connectivity index (χ0) is 30.4. The summed E-state index contributed by atoms with van der Waals surface area (Å²) in [4.78, 5) is 38.5. The number of carbonyl (C=O) groups excluding carboxylic acids is 2. The molecular formula is C30H38N8O3S. The summed E-state index contributed by atoms with van der Waals surface area (Å²) in [5.74, 6) is 0.133. The number of para-hydroxylation sites is 1. The number of aromatic nitrogens is 1. The molecule has 2 aromatic rings. The van der Waals surface area contributed by atoms with Crippen molar-refractivity contribution in [2.75, 3.05) is 46.7 Å². The van der Waals surface area contributed by atoms with Crippen molar-refractivity contribution < 1.29 is 14.3 Å². The Morgan fingerprint density at radius 1 is 1.26 bits per heavy atom. The van der Waals surface area contributed by atoms with Crippen LogP contribution in [0.15, 0.2) is 64.4 Å². The number of anilines is 1. The average molecular weight is 591 g/mol. The highest BCUT2D eigenvalue weighted by atomic mass is 32.2. The number of carbonyl (C=O) groups is 2. The molecule has 1 unspecified atom stereocenters. The highest BCUT2D eigenvalue weighted by Crippen LogP contribution is 2.37. The number of hydrogen-bond donors (Lipinski definition) is 4. The fourth-order valence-corrected chi connectivity index (χ4v) is 5.59. The van der Waals surface area contributed by atoms with Crippen molar-refractivity contribution in [3.63, 3.8) is 0 Å². The van der Waals surface area contributed by atoms with Gasteiger partial charge in [-0.1, -0.05) is 18.2 Å². The lowest BCUT2D eigenvalue weighted by molar-refractivity contribution is -0.118. The summed E-state index contributed by atoms with van der Waals surface area (Å²) in [5.41, 5.74) is 9.04. The topological polar surface area (TPSA) is 149 Å². The molecule has 222 valence electrons. The van der Waals surface area contributed by atoms with Crippen LogP contribution in [0, 0.1) is 11.3 Å². The van der Waals surface area contributed by atoms with Gasteiger partial charge in [0.2, 0.25) is 0 Å². The maximum Gasteiger partial charge on any atom is 0.272 e. The van der Waals surface area contributed by atoms with Crippen molar-refractivity contribution in [2.45, 2.75) is 25.1 Å². The molecule has 0 radical (unpaired) electrons. The second-order valence-electron chi connectivity index (χ2n) is 10.6. The first-order valence-corrected chi connectivity index (χ1v) is 14.5. The molecular weight excluding hydrogens is 552 g/mol. The molecule has 0 bridgehead atoms. The Hall–Kier alpha value is -4.16. The molecule has 4 rings (SSSR count). The molecule has 11 nitrogen and oxygen atoms in total. The molecule has 1 atom stereocenters. The fraction of sp³-hybridized carbons (Fsp3) is 0.367. The van der Waals surface area contributed by atoms with E-state index in [1.807, 2.05) is 44.6 Å². The second-order valence-corrected chi connectivity index (χ2v) is 11.9. The summed E-state index contributed by atoms with van der Waals surface area (Å²) >= 11 is 1.73. The van der Waals surface area contributed by atoms with E-state index in [0.29, 0.717) is 29.4 Å². The van der Waals surface area contributed by atoms with E-state index in [-0.39, 0.29) is 34.7 Å². The van der Waals surface area contributed by atoms with E-state index in [1.165, 1.54) is 11.0 Å². The normalized spacial score (nSPS) is 17.0. The molecule has 2 aliphatic rings. The number of thioether (sulfide) groups is 1. The van der Waals surface area contributed by atoms with Crippen LogP contribution < -0.4 is 21.1 Å². The Morgan fingerprint density at radius 3 is 2.64 bits per heavy atom. The van der Waals surface area contributed by atoms with Crippen molar-refractivity contribution in [3.8, 4) is 16.9 Å². The maximum absolute atomic E-state index is 13.1. The zero-order valence-corrected chi connectivity index (χ0v) is 25.4. The molecule has 12 heteroatoms. The first kappa shape index (κ1) is 30.8. The summed E-state index contributed by atoms with van der Waals surface area (Å²) in [6.07, 6.45) is 6.82. The largest absolute Gasteiger partial charge is 0.494 e. The second kappa shape index (κ2) is 13.7. The van der Waals surface area contributed by atoms with Gasteiger partial charge in [0, 0.05) is 54.0 Å². The monoisotopic (exact) mass is 590 g/mol. The van der Waals surface area contributed by atoms with Gasteiger partial charge >= 0.3 is 0 Å². The molecule has 2 heterocycles. The number of nitrogens with one attached hydrogen (secondary N) is 3. The number of rotatable bonds is 12. The number of benzene rings is 1. The molecule has 0 saturated heterocycles. The van der Waals surface area contributed by atoms with Crippen LogP contribution in [0.2, 0.25) is 0 Å². The van der Waals surface area contributed by atoms with Crippen LogP contribution in [0.5, 0.6) is 5.75 Å². The number of allylic oxidation sites excluding steroid dienone is 1. The number of ether oxygens (including phenoxy) is 1. The van der Waals surface area contributed by atoms with Crippen LogP contribution in [-0.2, 0) is 4.79 Å². The minimum atomic E-state index is -0.230. The third-order valence-electron chi connectivity index (χ3n) is 6.63. The number of hydrogen-bond acceptors (Lipinski definition) is 9. The third kappa shape index (κ3) is 7.98. The van der Waals surface area contributed by atoms with E-state index < -0.39 is 0 Å². The van der Waals surface area contributed by atoms with Gasteiger partial charge in [-0.2, -0.15) is 4.99 Å². The molecule has 1 aromatic carbocycles. The number of methoxy groups -OCH3 is 1. The van der Waals surface area contributed by atoms with Gasteiger partial charge in [0.25, 0.3) is 11.8 Å². The summed E-state index contributed by atoms with van der Waals surface area (Å²) in [5, 5.41) is 14.8. The van der Waals surface area contributed by atoms with E-state index in [9.17, 15) is 9.59 Å². The van der Waals surface area contributed by atoms with E-state index in [0.717, 1.165) is 30.5 Å². The summed E-state index contributed by atoms with van der Waals surface area (Å²) in [6, 6.07) is 9.10. The van der Waals surface area contributed by atoms with Gasteiger partial charge in [-0.25, -0.2) is 0 Å². The van der Waals surface area contributed by atoms with Gasteiger partial charge in [-0.05, 0) is 46.0 Å². The lowest BCUT2D eigenvalue weighted by atomic mass is 10.0. The third-order valence-corrected chi connectivity index (χ3v) is 7.75. The first-order valence-electron chi connectivity index (χ1n) is 13.6. The van der Waals surface area contributed by atoms with E-state index in [4.69, 9.17) is 15.9 Å². The Balaban J connectivity index is 1.47. The van der Waals surface area contributed by atoms with Crippen molar-refractivity contribution in [1.82, 2.24) is 20.1 Å². The molecule has 1 aliphatic heterocycles. The van der Waals surface area contributed by atoms with Crippen LogP contribution >= 0.6 is 11.8 Å². The van der Waals surface area contributed by atoms with Crippen LogP contribution in [-0.4, -0.2) is 84.9 Å². The molecule has 1 fully saturated rings. The standard InChI is InChI=1S/C30H38N8O3S/c1-18(31)25(13-26(32)36-29(39)19-9-10-19)35-23-8-6-7-22(28(23)41-5)20-11-12-24(33-14-20)30(40)38(4)17-27-34-15-21(42-27)16-37(2)3/h6-8,11-15,19,27,31,34-35H,9-10,16-17H2,1-5H3,(H2,32,36,39)/b25-13+,31-18?. The van der Waals surface area contributed by atoms with Gasteiger partial charge in [-0.3, -0.25) is 14.6 Å². The van der Waals surface area contributed by atoms with Crippen LogP contribution in [0.4, 0.5) is 5.69 Å². The molecule has 2 amide bonds. The highest BCUT2D eigenvalue weighted by molar-refractivity contribution is 8.03. The van der Waals surface area contributed by atoms with Gasteiger partial charge in [0.05, 0.1) is 36.1 Å². The predicted octanol–water partition coefficient (Wildman–Crippen LogP) is 3.52. The molecule has 1 saturated carbocycles. The van der Waals surface area contributed by atoms with Crippen molar-refractivity contribution in [2.24, 2.45) is 16.6 Å². The van der Waals surface area contributed by atoms with Crippen molar-refractivity contribution >= 4 is 40.8 Å². The molecule has 5 N–H and O–H groups in total. The fourth-order valence-electron chi connectivity index (χ4n) is 4.32. The number of likely N-dealkylation sites (N-methyl/N-ethyl adjacent to an activating group) is 2. The average Bonchev–Trinajstić information content (AvgIpc) is 3.72. The lowest BCUT2D eigenvalue weighted by Gasteiger charge is -2.21. The Morgan fingerprint density at radius 2 is 2.02 bits per heavy atom. The maximum atomic E-state index is 13.1. The molecule has 0 spiro atoms. The number of amidine groups is 1. The summed E-state index contributed by atoms with van der Waals surface area (Å²) < 4.78 is 5.75. The van der Waals surface area contributed by atoms with Gasteiger partial charge in [-0.15, -0.1) is 11.8 Å². The predicted molar refractivity (Wildman–Crippen MR) is 169 cm³/mol. The Bertz CT molecular complexity index is 1430. The molecule has 1 aliphatic carbocycles. The Labute approximate surface area is 250 Å².